The van der Waals surface area contributed by atoms with E-state index in [0.717, 1.165) is 28.3 Å². The van der Waals surface area contributed by atoms with Crippen LogP contribution < -0.4 is 14.6 Å². The molecule has 38 heavy (non-hydrogen) atoms. The van der Waals surface area contributed by atoms with Crippen LogP contribution in [0.25, 0.3) is 11.1 Å². The fourth-order valence-electron chi connectivity index (χ4n) is 5.55. The number of rotatable bonds is 10. The van der Waals surface area contributed by atoms with Crippen LogP contribution in [0.5, 0.6) is 11.6 Å². The van der Waals surface area contributed by atoms with Gasteiger partial charge in [0.05, 0.1) is 19.3 Å². The van der Waals surface area contributed by atoms with Crippen molar-refractivity contribution in [1.82, 2.24) is 4.98 Å². The zero-order valence-electron chi connectivity index (χ0n) is 21.0. The van der Waals surface area contributed by atoms with Crippen LogP contribution in [0.15, 0.2) is 36.5 Å². The first kappa shape index (κ1) is 26.1. The molecule has 0 spiro atoms. The number of halogens is 2. The molecule has 0 radical (unpaired) electrons. The number of ether oxygens (including phenoxy) is 2. The third-order valence-electron chi connectivity index (χ3n) is 7.47. The van der Waals surface area contributed by atoms with E-state index in [2.05, 4.69) is 4.98 Å². The van der Waals surface area contributed by atoms with Crippen molar-refractivity contribution in [3.05, 3.63) is 76.0 Å². The summed E-state index contributed by atoms with van der Waals surface area (Å²) in [6, 6.07) is 7.53. The van der Waals surface area contributed by atoms with Crippen molar-refractivity contribution in [2.24, 2.45) is 11.8 Å². The maximum absolute atomic E-state index is 14.9. The van der Waals surface area contributed by atoms with Crippen LogP contribution in [0.1, 0.15) is 40.2 Å². The smallest absolute Gasteiger partial charge is 0.213 e. The van der Waals surface area contributed by atoms with Gasteiger partial charge in [0.2, 0.25) is 5.88 Å². The minimum Gasteiger partial charge on any atom is -0.550 e. The number of carbonyl (C=O) groups excluding carboxylic acids is 1. The van der Waals surface area contributed by atoms with Crippen LogP contribution in [0.3, 0.4) is 0 Å². The third kappa shape index (κ3) is 4.96. The van der Waals surface area contributed by atoms with Gasteiger partial charge in [0.15, 0.2) is 0 Å². The molecule has 0 unspecified atom stereocenters. The number of aromatic nitrogens is 1. The van der Waals surface area contributed by atoms with E-state index >= 15 is 0 Å². The second-order valence-electron chi connectivity index (χ2n) is 10.1. The molecule has 2 aromatic carbocycles. The van der Waals surface area contributed by atoms with E-state index in [1.165, 1.54) is 6.07 Å². The predicted molar refractivity (Wildman–Crippen MR) is 131 cm³/mol. The van der Waals surface area contributed by atoms with Crippen LogP contribution in [-0.2, 0) is 17.8 Å². The number of carboxylic acid groups (broad SMARTS) is 1. The topological polar surface area (TPSA) is 112 Å². The molecule has 3 aromatic rings. The molecule has 7 nitrogen and oxygen atoms in total. The average molecular weight is 525 g/mol. The van der Waals surface area contributed by atoms with Crippen LogP contribution in [0.4, 0.5) is 8.78 Å². The lowest BCUT2D eigenvalue weighted by Gasteiger charge is -2.16. The van der Waals surface area contributed by atoms with Crippen LogP contribution in [0, 0.1) is 37.3 Å². The number of aryl methyl sites for hydroxylation is 2. The summed E-state index contributed by atoms with van der Waals surface area (Å²) in [6.45, 7) is 3.32. The van der Waals surface area contributed by atoms with E-state index in [1.807, 2.05) is 0 Å². The van der Waals surface area contributed by atoms with Crippen molar-refractivity contribution in [3.63, 3.8) is 0 Å². The maximum Gasteiger partial charge on any atom is 0.213 e. The van der Waals surface area contributed by atoms with Gasteiger partial charge in [-0.25, -0.2) is 13.8 Å². The van der Waals surface area contributed by atoms with E-state index in [-0.39, 0.29) is 49.2 Å². The van der Waals surface area contributed by atoms with E-state index in [4.69, 9.17) is 14.6 Å². The molecule has 2 N–H and O–H groups in total. The summed E-state index contributed by atoms with van der Waals surface area (Å²) >= 11 is 0. The molecule has 200 valence electrons. The Hall–Kier alpha value is -3.56. The maximum atomic E-state index is 14.9. The molecule has 0 amide bonds. The van der Waals surface area contributed by atoms with Gasteiger partial charge in [0.25, 0.3) is 0 Å². The predicted octanol–water partition coefficient (Wildman–Crippen LogP) is 2.98. The lowest BCUT2D eigenvalue weighted by Crippen LogP contribution is -2.26. The van der Waals surface area contributed by atoms with Crippen molar-refractivity contribution in [2.75, 3.05) is 13.2 Å². The minimum absolute atomic E-state index is 0.0413. The second-order valence-corrected chi connectivity index (χ2v) is 10.1. The Bertz CT molecular complexity index is 1370. The zero-order chi connectivity index (χ0) is 27.1. The fourth-order valence-corrected chi connectivity index (χ4v) is 5.55. The van der Waals surface area contributed by atoms with Crippen molar-refractivity contribution < 1.29 is 38.4 Å². The van der Waals surface area contributed by atoms with Gasteiger partial charge in [0, 0.05) is 47.8 Å². The molecule has 0 saturated heterocycles. The Labute approximate surface area is 218 Å². The van der Waals surface area contributed by atoms with E-state index in [1.54, 1.807) is 38.2 Å². The zero-order valence-corrected chi connectivity index (χ0v) is 21.0. The standard InChI is InChI=1S/C29H29F2NO6/c1-14-5-19(37-4-3-18(34)12-33)6-15(2)26(14)20-8-17(23(30)10-24(20)31)13-38-25-9-16-7-21-27(22(16)11-32-25)28(21)29(35)36/h5-6,8-11,18,21,27-28,33-34H,3-4,7,12-13H2,1-2H3,(H,35,36)/p-1/t18-,21+,27+,28-/m0/s1. The van der Waals surface area contributed by atoms with Crippen LogP contribution in [0.2, 0.25) is 0 Å². The summed E-state index contributed by atoms with van der Waals surface area (Å²) in [4.78, 5) is 15.5. The summed E-state index contributed by atoms with van der Waals surface area (Å²) in [6.07, 6.45) is 1.65. The fraction of sp³-hybridized carbons (Fsp3) is 0.379. The Kier molecular flexibility index (Phi) is 7.07. The highest BCUT2D eigenvalue weighted by molar-refractivity contribution is 5.76. The number of benzene rings is 2. The molecule has 2 aliphatic carbocycles. The molecule has 1 heterocycles. The average Bonchev–Trinajstić information content (AvgIpc) is 3.46. The number of hydrogen-bond donors (Lipinski definition) is 2. The van der Waals surface area contributed by atoms with Gasteiger partial charge in [-0.15, -0.1) is 0 Å². The number of fused-ring (bicyclic) bond motifs is 3. The Morgan fingerprint density at radius 1 is 1.13 bits per heavy atom. The number of carboxylic acids is 1. The lowest BCUT2D eigenvalue weighted by atomic mass is 9.93. The van der Waals surface area contributed by atoms with Gasteiger partial charge in [-0.3, -0.25) is 0 Å². The largest absolute Gasteiger partial charge is 0.550 e. The Morgan fingerprint density at radius 3 is 2.55 bits per heavy atom. The number of hydrogen-bond acceptors (Lipinski definition) is 7. The summed E-state index contributed by atoms with van der Waals surface area (Å²) in [7, 11) is 0. The quantitative estimate of drug-likeness (QED) is 0.419. The van der Waals surface area contributed by atoms with Gasteiger partial charge in [0.1, 0.15) is 24.0 Å². The Morgan fingerprint density at radius 2 is 1.87 bits per heavy atom. The lowest BCUT2D eigenvalue weighted by molar-refractivity contribution is -0.308. The summed E-state index contributed by atoms with van der Waals surface area (Å²) in [5.74, 6) is -2.08. The first-order valence-electron chi connectivity index (χ1n) is 12.5. The first-order valence-corrected chi connectivity index (χ1v) is 12.5. The summed E-state index contributed by atoms with van der Waals surface area (Å²) in [5.41, 5.74) is 4.35. The molecule has 1 fully saturated rings. The van der Waals surface area contributed by atoms with Gasteiger partial charge in [-0.2, -0.15) is 0 Å². The van der Waals surface area contributed by atoms with Gasteiger partial charge < -0.3 is 29.6 Å². The molecule has 0 bridgehead atoms. The highest BCUT2D eigenvalue weighted by Gasteiger charge is 2.56. The SMILES string of the molecule is Cc1cc(OCC[C@H](O)CO)cc(C)c1-c1cc(COc2cc3c(cn2)[C@H]2[C@@H](C3)[C@@H]2C(=O)[O-])c(F)cc1F. The number of pyridine rings is 1. The second kappa shape index (κ2) is 10.3. The number of aliphatic hydroxyl groups is 2. The van der Waals surface area contributed by atoms with Gasteiger partial charge in [-0.05, 0) is 78.1 Å². The highest BCUT2D eigenvalue weighted by Crippen LogP contribution is 2.61. The molecule has 4 atom stereocenters. The molecular formula is C29H28F2NO6-. The molecule has 0 aliphatic heterocycles. The molecular weight excluding hydrogens is 496 g/mol. The van der Waals surface area contributed by atoms with Crippen molar-refractivity contribution in [2.45, 2.75) is 45.3 Å². The molecule has 5 rings (SSSR count). The number of aliphatic carboxylic acids is 1. The Balaban J connectivity index is 1.31. The normalized spacial score (nSPS) is 20.0. The minimum atomic E-state index is -1.03. The highest BCUT2D eigenvalue weighted by atomic mass is 19.1. The van der Waals surface area contributed by atoms with E-state index in [9.17, 15) is 23.8 Å². The number of nitrogens with zero attached hydrogens (tertiary/aromatic N) is 1. The van der Waals surface area contributed by atoms with Crippen LogP contribution in [-0.4, -0.2) is 40.5 Å². The molecule has 9 heteroatoms. The van der Waals surface area contributed by atoms with Gasteiger partial charge in [-0.1, -0.05) is 0 Å². The summed E-state index contributed by atoms with van der Waals surface area (Å²) < 4.78 is 41.0. The molecule has 2 aliphatic rings. The number of aliphatic hydroxyl groups excluding tert-OH is 2. The third-order valence-corrected chi connectivity index (χ3v) is 7.47. The van der Waals surface area contributed by atoms with E-state index < -0.39 is 29.6 Å². The first-order chi connectivity index (χ1) is 18.2. The number of carbonyl (C=O) groups is 1. The van der Waals surface area contributed by atoms with E-state index in [0.29, 0.717) is 23.6 Å². The monoisotopic (exact) mass is 524 g/mol. The summed E-state index contributed by atoms with van der Waals surface area (Å²) in [5, 5.41) is 29.6. The van der Waals surface area contributed by atoms with Crippen molar-refractivity contribution >= 4 is 5.97 Å². The van der Waals surface area contributed by atoms with Crippen molar-refractivity contribution in [3.8, 4) is 22.8 Å². The molecule has 1 saturated carbocycles. The van der Waals surface area contributed by atoms with Crippen molar-refractivity contribution in [1.29, 1.82) is 0 Å². The van der Waals surface area contributed by atoms with Crippen LogP contribution >= 0.6 is 0 Å². The van der Waals surface area contributed by atoms with Gasteiger partial charge >= 0.3 is 0 Å². The molecule has 1 aromatic heterocycles.